The molecule has 2 aromatic carbocycles. The summed E-state index contributed by atoms with van der Waals surface area (Å²) < 4.78 is 4.95. The van der Waals surface area contributed by atoms with E-state index in [1.807, 2.05) is 60.7 Å². The van der Waals surface area contributed by atoms with Gasteiger partial charge in [-0.3, -0.25) is 9.59 Å². The van der Waals surface area contributed by atoms with Crippen LogP contribution < -0.4 is 21.7 Å². The monoisotopic (exact) mass is 480 g/mol. The van der Waals surface area contributed by atoms with Gasteiger partial charge in [0.15, 0.2) is 0 Å². The molecule has 2 aromatic rings. The van der Waals surface area contributed by atoms with Crippen molar-refractivity contribution in [3.8, 4) is 0 Å². The summed E-state index contributed by atoms with van der Waals surface area (Å²) in [5.74, 6) is -0.194. The molecule has 0 spiro atoms. The molecule has 0 bridgehead atoms. The van der Waals surface area contributed by atoms with Crippen LogP contribution >= 0.6 is 0 Å². The second-order valence-electron chi connectivity index (χ2n) is 9.31. The summed E-state index contributed by atoms with van der Waals surface area (Å²) in [6.45, 7) is 3.04. The van der Waals surface area contributed by atoms with Gasteiger partial charge in [0.1, 0.15) is 5.41 Å². The van der Waals surface area contributed by atoms with Gasteiger partial charge in [-0.25, -0.2) is 0 Å². The number of benzene rings is 2. The number of nitrogens with one attached hydrogen (secondary N) is 3. The molecule has 1 aliphatic rings. The van der Waals surface area contributed by atoms with Crippen LogP contribution in [0.25, 0.3) is 0 Å². The van der Waals surface area contributed by atoms with Gasteiger partial charge in [-0.15, -0.1) is 0 Å². The molecule has 1 heterocycles. The van der Waals surface area contributed by atoms with Gasteiger partial charge in [-0.05, 0) is 42.9 Å². The smallest absolute Gasteiger partial charge is 0.233 e. The van der Waals surface area contributed by atoms with Crippen LogP contribution in [-0.2, 0) is 19.7 Å². The number of methoxy groups -OCH3 is 1. The third kappa shape index (κ3) is 7.13. The Morgan fingerprint density at radius 1 is 1.00 bits per heavy atom. The molecule has 1 fully saturated rings. The molecule has 35 heavy (non-hydrogen) atoms. The highest BCUT2D eigenvalue weighted by Crippen LogP contribution is 2.43. The summed E-state index contributed by atoms with van der Waals surface area (Å²) in [4.78, 5) is 25.0. The van der Waals surface area contributed by atoms with Gasteiger partial charge < -0.3 is 26.4 Å². The minimum Gasteiger partial charge on any atom is -0.383 e. The lowest BCUT2D eigenvalue weighted by atomic mass is 9.64. The second-order valence-corrected chi connectivity index (χ2v) is 9.31. The number of nitrogens with two attached hydrogens (primary N) is 1. The summed E-state index contributed by atoms with van der Waals surface area (Å²) in [5.41, 5.74) is 7.23. The highest BCUT2D eigenvalue weighted by molar-refractivity contribution is 5.91. The summed E-state index contributed by atoms with van der Waals surface area (Å²) in [6, 6.07) is 20.3. The highest BCUT2D eigenvalue weighted by Gasteiger charge is 2.49. The fraction of sp³-hybridized carbons (Fsp3) is 0.500. The van der Waals surface area contributed by atoms with Gasteiger partial charge in [0, 0.05) is 26.2 Å². The predicted molar refractivity (Wildman–Crippen MR) is 139 cm³/mol. The second kappa shape index (κ2) is 14.0. The molecule has 0 saturated carbocycles. The molecular weight excluding hydrogens is 440 g/mol. The van der Waals surface area contributed by atoms with Crippen molar-refractivity contribution in [3.05, 3.63) is 71.8 Å². The first kappa shape index (κ1) is 26.9. The SMILES string of the molecule is COCCNCC(=O)NCCCCCC1CC(C(C(N)=O)(c2ccccc2)c2ccccc2)CN1. The molecule has 0 aromatic heterocycles. The van der Waals surface area contributed by atoms with E-state index >= 15 is 0 Å². The van der Waals surface area contributed by atoms with E-state index in [1.165, 1.54) is 0 Å². The van der Waals surface area contributed by atoms with Crippen LogP contribution in [-0.4, -0.2) is 57.8 Å². The van der Waals surface area contributed by atoms with E-state index in [2.05, 4.69) is 16.0 Å². The number of rotatable bonds is 15. The van der Waals surface area contributed by atoms with Gasteiger partial charge in [0.2, 0.25) is 11.8 Å². The van der Waals surface area contributed by atoms with Gasteiger partial charge in [-0.2, -0.15) is 0 Å². The zero-order valence-corrected chi connectivity index (χ0v) is 20.8. The molecule has 0 radical (unpaired) electrons. The lowest BCUT2D eigenvalue weighted by molar-refractivity contribution is -0.123. The van der Waals surface area contributed by atoms with E-state index in [-0.39, 0.29) is 17.7 Å². The van der Waals surface area contributed by atoms with Crippen LogP contribution in [0, 0.1) is 5.92 Å². The Morgan fingerprint density at radius 3 is 2.26 bits per heavy atom. The number of hydrogen-bond acceptors (Lipinski definition) is 5. The molecule has 1 saturated heterocycles. The number of primary amides is 1. The van der Waals surface area contributed by atoms with Crippen LogP contribution in [0.4, 0.5) is 0 Å². The Labute approximate surface area is 209 Å². The molecule has 0 aliphatic carbocycles. The molecule has 7 heteroatoms. The maximum absolute atomic E-state index is 13.2. The minimum absolute atomic E-state index is 0.0195. The number of carbonyl (C=O) groups excluding carboxylic acids is 2. The van der Waals surface area contributed by atoms with Crippen LogP contribution in [0.15, 0.2) is 60.7 Å². The third-order valence-electron chi connectivity index (χ3n) is 7.00. The first-order valence-corrected chi connectivity index (χ1v) is 12.7. The zero-order chi connectivity index (χ0) is 24.9. The van der Waals surface area contributed by atoms with Gasteiger partial charge >= 0.3 is 0 Å². The van der Waals surface area contributed by atoms with Crippen molar-refractivity contribution in [2.75, 3.05) is 39.9 Å². The number of unbranched alkanes of at least 4 members (excludes halogenated alkanes) is 2. The largest absolute Gasteiger partial charge is 0.383 e. The molecule has 5 N–H and O–H groups in total. The number of ether oxygens (including phenoxy) is 1. The summed E-state index contributed by atoms with van der Waals surface area (Å²) in [7, 11) is 1.64. The number of amides is 2. The van der Waals surface area contributed by atoms with Crippen molar-refractivity contribution in [1.29, 1.82) is 0 Å². The lowest BCUT2D eigenvalue weighted by Gasteiger charge is -2.37. The molecular formula is C28H40N4O3. The molecule has 2 unspecified atom stereocenters. The topological polar surface area (TPSA) is 105 Å². The fourth-order valence-electron chi connectivity index (χ4n) is 5.25. The molecule has 3 rings (SSSR count). The van der Waals surface area contributed by atoms with Crippen molar-refractivity contribution < 1.29 is 14.3 Å². The van der Waals surface area contributed by atoms with E-state index in [4.69, 9.17) is 10.5 Å². The van der Waals surface area contributed by atoms with E-state index in [9.17, 15) is 9.59 Å². The molecule has 2 atom stereocenters. The van der Waals surface area contributed by atoms with Crippen molar-refractivity contribution in [3.63, 3.8) is 0 Å². The molecule has 2 amide bonds. The van der Waals surface area contributed by atoms with Crippen LogP contribution in [0.5, 0.6) is 0 Å². The molecule has 190 valence electrons. The molecule has 1 aliphatic heterocycles. The average molecular weight is 481 g/mol. The Kier molecular flexibility index (Phi) is 10.7. The van der Waals surface area contributed by atoms with Gasteiger partial charge in [-0.1, -0.05) is 73.5 Å². The highest BCUT2D eigenvalue weighted by atomic mass is 16.5. The van der Waals surface area contributed by atoms with Crippen LogP contribution in [0.3, 0.4) is 0 Å². The minimum atomic E-state index is -0.855. The maximum atomic E-state index is 13.2. The maximum Gasteiger partial charge on any atom is 0.233 e. The van der Waals surface area contributed by atoms with E-state index in [0.717, 1.165) is 49.8 Å². The Balaban J connectivity index is 1.51. The zero-order valence-electron chi connectivity index (χ0n) is 20.8. The van der Waals surface area contributed by atoms with E-state index < -0.39 is 5.41 Å². The first-order chi connectivity index (χ1) is 17.1. The van der Waals surface area contributed by atoms with Crippen LogP contribution in [0.2, 0.25) is 0 Å². The lowest BCUT2D eigenvalue weighted by Crippen LogP contribution is -2.49. The quantitative estimate of drug-likeness (QED) is 0.293. The summed E-state index contributed by atoms with van der Waals surface area (Å²) in [6.07, 6.45) is 5.03. The Bertz CT molecular complexity index is 867. The average Bonchev–Trinajstić information content (AvgIpc) is 3.34. The Morgan fingerprint density at radius 2 is 1.66 bits per heavy atom. The standard InChI is InChI=1S/C28H40N4O3/c1-35-18-17-30-21-26(33)31-16-10-4-9-15-25-19-24(20-32-25)28(27(29)34,22-11-5-2-6-12-22)23-13-7-3-8-14-23/h2-3,5-8,11-14,24-25,30,32H,4,9-10,15-21H2,1H3,(H2,29,34)(H,31,33). The first-order valence-electron chi connectivity index (χ1n) is 12.7. The predicted octanol–water partition coefficient (Wildman–Crippen LogP) is 2.35. The Hall–Kier alpha value is -2.74. The summed E-state index contributed by atoms with van der Waals surface area (Å²) in [5, 5.41) is 9.65. The van der Waals surface area contributed by atoms with Crippen molar-refractivity contribution in [1.82, 2.24) is 16.0 Å². The number of hydrogen-bond donors (Lipinski definition) is 4. The normalized spacial score (nSPS) is 17.9. The fourth-order valence-corrected chi connectivity index (χ4v) is 5.25. The van der Waals surface area contributed by atoms with Gasteiger partial charge in [0.25, 0.3) is 0 Å². The van der Waals surface area contributed by atoms with Crippen molar-refractivity contribution >= 4 is 11.8 Å². The van der Waals surface area contributed by atoms with E-state index in [0.29, 0.717) is 32.3 Å². The molecule has 7 nitrogen and oxygen atoms in total. The summed E-state index contributed by atoms with van der Waals surface area (Å²) >= 11 is 0. The van der Waals surface area contributed by atoms with Crippen molar-refractivity contribution in [2.24, 2.45) is 11.7 Å². The number of carbonyl (C=O) groups is 2. The third-order valence-corrected chi connectivity index (χ3v) is 7.00. The van der Waals surface area contributed by atoms with Gasteiger partial charge in [0.05, 0.1) is 13.2 Å². The van der Waals surface area contributed by atoms with Crippen molar-refractivity contribution in [2.45, 2.75) is 43.6 Å². The van der Waals surface area contributed by atoms with E-state index in [1.54, 1.807) is 7.11 Å². The van der Waals surface area contributed by atoms with Crippen LogP contribution in [0.1, 0.15) is 43.2 Å².